The average molecular weight is 625 g/mol. The lowest BCUT2D eigenvalue weighted by atomic mass is 9.63. The number of anilines is 2. The fourth-order valence-electron chi connectivity index (χ4n) is 6.71. The first-order chi connectivity index (χ1) is 19.9. The predicted molar refractivity (Wildman–Crippen MR) is 163 cm³/mol. The van der Waals surface area contributed by atoms with E-state index in [0.717, 1.165) is 15.6 Å². The summed E-state index contributed by atoms with van der Waals surface area (Å²) in [5.41, 5.74) is 2.79. The summed E-state index contributed by atoms with van der Waals surface area (Å²) >= 11 is 9.53. The van der Waals surface area contributed by atoms with Crippen molar-refractivity contribution in [2.75, 3.05) is 10.6 Å². The van der Waals surface area contributed by atoms with E-state index in [9.17, 15) is 14.4 Å². The fraction of sp³-hybridized carbons (Fsp3) is 0.121. The number of hydrogen-bond donors (Lipinski definition) is 2. The molecule has 0 saturated carbocycles. The molecule has 8 heteroatoms. The van der Waals surface area contributed by atoms with Crippen molar-refractivity contribution in [3.63, 3.8) is 0 Å². The van der Waals surface area contributed by atoms with Gasteiger partial charge in [-0.1, -0.05) is 82.1 Å². The predicted octanol–water partition coefficient (Wildman–Crippen LogP) is 6.84. The second-order valence-corrected chi connectivity index (χ2v) is 11.8. The van der Waals surface area contributed by atoms with E-state index in [1.165, 1.54) is 0 Å². The van der Waals surface area contributed by atoms with Crippen LogP contribution in [0.5, 0.6) is 0 Å². The number of nitrogens with one attached hydrogen (secondary N) is 2. The van der Waals surface area contributed by atoms with Crippen LogP contribution in [0.1, 0.15) is 33.1 Å². The number of rotatable bonds is 4. The van der Waals surface area contributed by atoms with Gasteiger partial charge in [0.2, 0.25) is 11.8 Å². The van der Waals surface area contributed by atoms with Crippen molar-refractivity contribution in [1.82, 2.24) is 4.90 Å². The molecule has 6 nitrogen and oxygen atoms in total. The highest BCUT2D eigenvalue weighted by Gasteiger charge is 2.70. The summed E-state index contributed by atoms with van der Waals surface area (Å²) in [5, 5.41) is 6.60. The summed E-state index contributed by atoms with van der Waals surface area (Å²) in [6.07, 6.45) is 3.79. The van der Waals surface area contributed by atoms with Gasteiger partial charge < -0.3 is 15.5 Å². The van der Waals surface area contributed by atoms with Crippen molar-refractivity contribution in [1.29, 1.82) is 0 Å². The maximum atomic E-state index is 14.7. The lowest BCUT2D eigenvalue weighted by molar-refractivity contribution is -0.122. The summed E-state index contributed by atoms with van der Waals surface area (Å²) in [6, 6.07) is 27.6. The quantitative estimate of drug-likeness (QED) is 0.244. The average Bonchev–Trinajstić information content (AvgIpc) is 3.47. The number of carbonyl (C=O) groups excluding carboxylic acids is 3. The first-order valence-electron chi connectivity index (χ1n) is 13.2. The van der Waals surface area contributed by atoms with Gasteiger partial charge in [-0.05, 0) is 65.2 Å². The number of nitrogens with zero attached hydrogens (tertiary/aromatic N) is 1. The Balaban J connectivity index is 1.48. The van der Waals surface area contributed by atoms with Crippen LogP contribution in [0.2, 0.25) is 5.02 Å². The number of amides is 2. The molecule has 3 aliphatic heterocycles. The van der Waals surface area contributed by atoms with Crippen LogP contribution in [0.3, 0.4) is 0 Å². The maximum absolute atomic E-state index is 14.7. The lowest BCUT2D eigenvalue weighted by Crippen LogP contribution is -2.50. The molecule has 1 fully saturated rings. The molecule has 1 spiro atoms. The molecule has 2 N–H and O–H groups in total. The Morgan fingerprint density at radius 1 is 0.902 bits per heavy atom. The van der Waals surface area contributed by atoms with Crippen molar-refractivity contribution >= 4 is 62.6 Å². The summed E-state index contributed by atoms with van der Waals surface area (Å²) in [7, 11) is 0. The number of ketones is 1. The molecule has 4 atom stereocenters. The van der Waals surface area contributed by atoms with Crippen molar-refractivity contribution in [3.8, 4) is 0 Å². The van der Waals surface area contributed by atoms with E-state index in [1.807, 2.05) is 65.7 Å². The molecule has 202 valence electrons. The third-order valence-electron chi connectivity index (χ3n) is 8.36. The Morgan fingerprint density at radius 2 is 1.61 bits per heavy atom. The number of benzene rings is 4. The summed E-state index contributed by atoms with van der Waals surface area (Å²) in [4.78, 5) is 45.3. The van der Waals surface area contributed by atoms with E-state index in [2.05, 4.69) is 26.6 Å². The van der Waals surface area contributed by atoms with E-state index in [-0.39, 0.29) is 17.6 Å². The number of Topliss-reactive ketones (excluding diaryl/α,β-unsaturated/α-hetero) is 1. The van der Waals surface area contributed by atoms with E-state index < -0.39 is 23.4 Å². The molecule has 4 aromatic carbocycles. The number of hydrogen-bond acceptors (Lipinski definition) is 4. The van der Waals surface area contributed by atoms with Gasteiger partial charge in [0.1, 0.15) is 11.5 Å². The Morgan fingerprint density at radius 3 is 2.39 bits per heavy atom. The van der Waals surface area contributed by atoms with Gasteiger partial charge >= 0.3 is 0 Å². The molecule has 0 bridgehead atoms. The summed E-state index contributed by atoms with van der Waals surface area (Å²) in [5.74, 6) is -2.00. The number of carbonyl (C=O) groups is 3. The Hall–Kier alpha value is -4.20. The van der Waals surface area contributed by atoms with Gasteiger partial charge in [0.25, 0.3) is 0 Å². The van der Waals surface area contributed by atoms with Gasteiger partial charge in [-0.2, -0.15) is 0 Å². The maximum Gasteiger partial charge on any atom is 0.247 e. The lowest BCUT2D eigenvalue weighted by Gasteiger charge is -2.38. The molecular weight excluding hydrogens is 602 g/mol. The molecule has 0 aliphatic carbocycles. The van der Waals surface area contributed by atoms with Gasteiger partial charge in [-0.25, -0.2) is 0 Å². The van der Waals surface area contributed by atoms with Crippen LogP contribution in [0.4, 0.5) is 11.4 Å². The Bertz CT molecular complexity index is 1750. The SMILES string of the molecule is O=C(Nc1ccc(Cl)cc1)[C@@H]1[C@H](C(=O)c2ccc(Br)cc2)[C@]2(C(=O)Nc3ccccc32)[C@H]2c3ccccc3C=CN12. The fourth-order valence-corrected chi connectivity index (χ4v) is 7.10. The first kappa shape index (κ1) is 25.7. The second kappa shape index (κ2) is 9.72. The minimum atomic E-state index is -1.37. The summed E-state index contributed by atoms with van der Waals surface area (Å²) < 4.78 is 0.824. The van der Waals surface area contributed by atoms with Crippen LogP contribution in [-0.2, 0) is 15.0 Å². The third kappa shape index (κ3) is 3.87. The minimum absolute atomic E-state index is 0.277. The Kier molecular flexibility index (Phi) is 6.10. The molecular formula is C33H23BrClN3O3. The van der Waals surface area contributed by atoms with Crippen molar-refractivity contribution in [2.45, 2.75) is 17.5 Å². The first-order valence-corrected chi connectivity index (χ1v) is 14.4. The van der Waals surface area contributed by atoms with E-state index >= 15 is 0 Å². The van der Waals surface area contributed by atoms with Gasteiger partial charge in [-0.3, -0.25) is 14.4 Å². The van der Waals surface area contributed by atoms with Crippen LogP contribution in [0, 0.1) is 5.92 Å². The standard InChI is InChI=1S/C33H23BrClN3O3/c34-21-11-9-20(10-12-21)29(39)27-28(31(40)36-23-15-13-22(35)14-16-23)38-18-17-19-5-1-2-6-24(19)30(38)33(27)25-7-3-4-8-26(25)37-32(33)41/h1-18,27-28,30H,(H,36,40)(H,37,41)/t27-,28+,30-,33+/m1/s1. The van der Waals surface area contributed by atoms with Gasteiger partial charge in [-0.15, -0.1) is 0 Å². The number of fused-ring (bicyclic) bond motifs is 6. The van der Waals surface area contributed by atoms with Crippen LogP contribution in [-0.4, -0.2) is 28.5 Å². The normalized spacial score (nSPS) is 23.5. The Labute approximate surface area is 250 Å². The van der Waals surface area contributed by atoms with Gasteiger partial charge in [0, 0.05) is 32.6 Å². The zero-order valence-electron chi connectivity index (χ0n) is 21.6. The van der Waals surface area contributed by atoms with Gasteiger partial charge in [0.05, 0.1) is 12.0 Å². The van der Waals surface area contributed by atoms with Crippen LogP contribution >= 0.6 is 27.5 Å². The van der Waals surface area contributed by atoms with E-state index in [1.54, 1.807) is 48.5 Å². The monoisotopic (exact) mass is 623 g/mol. The number of para-hydroxylation sites is 1. The topological polar surface area (TPSA) is 78.5 Å². The molecule has 7 rings (SSSR count). The van der Waals surface area contributed by atoms with Crippen LogP contribution < -0.4 is 10.6 Å². The summed E-state index contributed by atoms with van der Waals surface area (Å²) in [6.45, 7) is 0. The zero-order valence-corrected chi connectivity index (χ0v) is 23.9. The highest BCUT2D eigenvalue weighted by Crippen LogP contribution is 2.62. The van der Waals surface area contributed by atoms with Crippen molar-refractivity contribution < 1.29 is 14.4 Å². The van der Waals surface area contributed by atoms with E-state index in [0.29, 0.717) is 27.5 Å². The highest BCUT2D eigenvalue weighted by atomic mass is 79.9. The van der Waals surface area contributed by atoms with Gasteiger partial charge in [0.15, 0.2) is 5.78 Å². The molecule has 3 aliphatic rings. The smallest absolute Gasteiger partial charge is 0.247 e. The van der Waals surface area contributed by atoms with E-state index in [4.69, 9.17) is 11.6 Å². The largest absolute Gasteiger partial charge is 0.356 e. The van der Waals surface area contributed by atoms with Crippen LogP contribution in [0.25, 0.3) is 6.08 Å². The minimum Gasteiger partial charge on any atom is -0.356 e. The molecule has 0 radical (unpaired) electrons. The third-order valence-corrected chi connectivity index (χ3v) is 9.14. The molecule has 41 heavy (non-hydrogen) atoms. The zero-order chi connectivity index (χ0) is 28.3. The molecule has 2 amide bonds. The highest BCUT2D eigenvalue weighted by molar-refractivity contribution is 9.10. The van der Waals surface area contributed by atoms with Crippen molar-refractivity contribution in [2.24, 2.45) is 5.92 Å². The molecule has 0 unspecified atom stereocenters. The molecule has 4 aromatic rings. The van der Waals surface area contributed by atoms with Crippen molar-refractivity contribution in [3.05, 3.63) is 135 Å². The molecule has 3 heterocycles. The second-order valence-electron chi connectivity index (χ2n) is 10.5. The molecule has 0 aromatic heterocycles. The number of halogens is 2. The molecule has 1 saturated heterocycles. The van der Waals surface area contributed by atoms with Crippen LogP contribution in [0.15, 0.2) is 108 Å².